The van der Waals surface area contributed by atoms with Crippen LogP contribution in [0.5, 0.6) is 5.75 Å². The van der Waals surface area contributed by atoms with E-state index in [4.69, 9.17) is 4.74 Å². The molecule has 0 aliphatic heterocycles. The van der Waals surface area contributed by atoms with E-state index in [2.05, 4.69) is 16.7 Å². The van der Waals surface area contributed by atoms with Crippen LogP contribution in [0.25, 0.3) is 0 Å². The van der Waals surface area contributed by atoms with Crippen molar-refractivity contribution in [1.29, 1.82) is 0 Å². The minimum Gasteiger partial charge on any atom is -0.496 e. The van der Waals surface area contributed by atoms with Crippen molar-refractivity contribution >= 4 is 6.03 Å². The second kappa shape index (κ2) is 9.13. The number of carbonyl (C=O) groups is 1. The van der Waals surface area contributed by atoms with Crippen LogP contribution in [0.4, 0.5) is 4.79 Å². The van der Waals surface area contributed by atoms with Crippen molar-refractivity contribution in [2.75, 3.05) is 13.7 Å². The standard InChI is InChI=1S/C18H26N2O2/c1-22-17-10-6-5-9-16(17)12-14-20-18(21)19-13-11-15-7-3-2-4-8-15/h5-6,9-11,13,15H,2-4,7-8,12,14H2,1H3,(H2,19,20,21)/b13-11+. The number of amides is 2. The average Bonchev–Trinajstić information content (AvgIpc) is 2.56. The van der Waals surface area contributed by atoms with E-state index in [1.54, 1.807) is 13.3 Å². The molecule has 1 aliphatic rings. The quantitative estimate of drug-likeness (QED) is 0.843. The summed E-state index contributed by atoms with van der Waals surface area (Å²) in [6, 6.07) is 7.72. The molecule has 1 fully saturated rings. The molecule has 0 aromatic heterocycles. The fourth-order valence-electron chi connectivity index (χ4n) is 2.86. The first-order chi connectivity index (χ1) is 10.8. The van der Waals surface area contributed by atoms with Crippen LogP contribution in [-0.2, 0) is 6.42 Å². The topological polar surface area (TPSA) is 50.4 Å². The number of allylic oxidation sites excluding steroid dienone is 1. The predicted molar refractivity (Wildman–Crippen MR) is 88.9 cm³/mol. The molecule has 22 heavy (non-hydrogen) atoms. The third kappa shape index (κ3) is 5.43. The fraction of sp³-hybridized carbons (Fsp3) is 0.500. The maximum atomic E-state index is 11.7. The summed E-state index contributed by atoms with van der Waals surface area (Å²) < 4.78 is 5.30. The maximum absolute atomic E-state index is 11.7. The largest absolute Gasteiger partial charge is 0.496 e. The first-order valence-electron chi connectivity index (χ1n) is 8.12. The molecule has 1 saturated carbocycles. The zero-order chi connectivity index (χ0) is 15.6. The van der Waals surface area contributed by atoms with Gasteiger partial charge in [0.1, 0.15) is 5.75 Å². The Morgan fingerprint density at radius 2 is 2.05 bits per heavy atom. The molecule has 4 heteroatoms. The highest BCUT2D eigenvalue weighted by atomic mass is 16.5. The van der Waals surface area contributed by atoms with Crippen LogP contribution in [0.1, 0.15) is 37.7 Å². The monoisotopic (exact) mass is 302 g/mol. The summed E-state index contributed by atoms with van der Waals surface area (Å²) in [5.74, 6) is 1.49. The summed E-state index contributed by atoms with van der Waals surface area (Å²) in [5.41, 5.74) is 1.10. The van der Waals surface area contributed by atoms with E-state index in [9.17, 15) is 4.79 Å². The predicted octanol–water partition coefficient (Wildman–Crippen LogP) is 3.63. The normalized spacial score (nSPS) is 15.7. The van der Waals surface area contributed by atoms with Gasteiger partial charge in [-0.25, -0.2) is 4.79 Å². The van der Waals surface area contributed by atoms with Gasteiger partial charge in [0, 0.05) is 12.7 Å². The zero-order valence-corrected chi connectivity index (χ0v) is 13.3. The summed E-state index contributed by atoms with van der Waals surface area (Å²) >= 11 is 0. The number of methoxy groups -OCH3 is 1. The van der Waals surface area contributed by atoms with Gasteiger partial charge in [-0.2, -0.15) is 0 Å². The number of urea groups is 1. The highest BCUT2D eigenvalue weighted by Gasteiger charge is 2.09. The molecule has 1 aromatic carbocycles. The Morgan fingerprint density at radius 3 is 2.82 bits per heavy atom. The molecule has 1 aromatic rings. The molecule has 0 bridgehead atoms. The van der Waals surface area contributed by atoms with Gasteiger partial charge >= 0.3 is 6.03 Å². The van der Waals surface area contributed by atoms with Crippen LogP contribution < -0.4 is 15.4 Å². The van der Waals surface area contributed by atoms with Crippen LogP contribution in [0, 0.1) is 5.92 Å². The van der Waals surface area contributed by atoms with Gasteiger partial charge in [0.15, 0.2) is 0 Å². The number of benzene rings is 1. The van der Waals surface area contributed by atoms with Crippen molar-refractivity contribution < 1.29 is 9.53 Å². The van der Waals surface area contributed by atoms with Crippen molar-refractivity contribution in [3.63, 3.8) is 0 Å². The molecule has 0 unspecified atom stereocenters. The van der Waals surface area contributed by atoms with E-state index < -0.39 is 0 Å². The van der Waals surface area contributed by atoms with E-state index in [0.717, 1.165) is 17.7 Å². The Bertz CT molecular complexity index is 494. The van der Waals surface area contributed by atoms with E-state index in [1.165, 1.54) is 32.1 Å². The SMILES string of the molecule is COc1ccccc1CCNC(=O)N/C=C/C1CCCCC1. The minimum atomic E-state index is -0.151. The van der Waals surface area contributed by atoms with Gasteiger partial charge in [0.05, 0.1) is 7.11 Å². The number of ether oxygens (including phenoxy) is 1. The molecule has 2 rings (SSSR count). The molecular formula is C18H26N2O2. The maximum Gasteiger partial charge on any atom is 0.318 e. The van der Waals surface area contributed by atoms with E-state index in [1.807, 2.05) is 24.3 Å². The summed E-state index contributed by atoms with van der Waals surface area (Å²) in [7, 11) is 1.66. The Kier molecular flexibility index (Phi) is 6.81. The lowest BCUT2D eigenvalue weighted by Crippen LogP contribution is -2.33. The van der Waals surface area contributed by atoms with Gasteiger partial charge in [-0.1, -0.05) is 43.5 Å². The third-order valence-electron chi connectivity index (χ3n) is 4.11. The van der Waals surface area contributed by atoms with E-state index in [-0.39, 0.29) is 6.03 Å². The van der Waals surface area contributed by atoms with Crippen molar-refractivity contribution in [2.45, 2.75) is 38.5 Å². The molecule has 2 amide bonds. The smallest absolute Gasteiger partial charge is 0.318 e. The van der Waals surface area contributed by atoms with Gasteiger partial charge in [-0.3, -0.25) is 0 Å². The Hall–Kier alpha value is -1.97. The molecule has 2 N–H and O–H groups in total. The van der Waals surface area contributed by atoms with Crippen LogP contribution in [0.15, 0.2) is 36.5 Å². The van der Waals surface area contributed by atoms with Gasteiger partial charge in [-0.15, -0.1) is 0 Å². The molecule has 0 radical (unpaired) electrons. The highest BCUT2D eigenvalue weighted by molar-refractivity contribution is 5.74. The first-order valence-corrected chi connectivity index (χ1v) is 8.12. The summed E-state index contributed by atoms with van der Waals surface area (Å²) in [6.07, 6.45) is 11.1. The van der Waals surface area contributed by atoms with Crippen LogP contribution in [-0.4, -0.2) is 19.7 Å². The van der Waals surface area contributed by atoms with Crippen molar-refractivity contribution in [3.05, 3.63) is 42.1 Å². The minimum absolute atomic E-state index is 0.151. The molecular weight excluding hydrogens is 276 g/mol. The van der Waals surface area contributed by atoms with Gasteiger partial charge < -0.3 is 15.4 Å². The lowest BCUT2D eigenvalue weighted by molar-refractivity contribution is 0.244. The van der Waals surface area contributed by atoms with Gasteiger partial charge in [0.2, 0.25) is 0 Å². The van der Waals surface area contributed by atoms with Crippen molar-refractivity contribution in [1.82, 2.24) is 10.6 Å². The highest BCUT2D eigenvalue weighted by Crippen LogP contribution is 2.24. The lowest BCUT2D eigenvalue weighted by Gasteiger charge is -2.17. The second-order valence-electron chi connectivity index (χ2n) is 5.72. The Balaban J connectivity index is 1.66. The lowest BCUT2D eigenvalue weighted by atomic mass is 9.89. The number of para-hydroxylation sites is 1. The number of rotatable bonds is 6. The van der Waals surface area contributed by atoms with Crippen molar-refractivity contribution in [3.8, 4) is 5.75 Å². The van der Waals surface area contributed by atoms with E-state index in [0.29, 0.717) is 12.5 Å². The molecule has 0 heterocycles. The summed E-state index contributed by atoms with van der Waals surface area (Å²) in [4.78, 5) is 11.7. The summed E-state index contributed by atoms with van der Waals surface area (Å²) in [6.45, 7) is 0.587. The van der Waals surface area contributed by atoms with Crippen LogP contribution in [0.3, 0.4) is 0 Å². The third-order valence-corrected chi connectivity index (χ3v) is 4.11. The molecule has 0 atom stereocenters. The molecule has 1 aliphatic carbocycles. The van der Waals surface area contributed by atoms with E-state index >= 15 is 0 Å². The zero-order valence-electron chi connectivity index (χ0n) is 13.3. The van der Waals surface area contributed by atoms with Crippen LogP contribution >= 0.6 is 0 Å². The molecule has 0 saturated heterocycles. The fourth-order valence-corrected chi connectivity index (χ4v) is 2.86. The molecule has 4 nitrogen and oxygen atoms in total. The number of hydrogen-bond acceptors (Lipinski definition) is 2. The van der Waals surface area contributed by atoms with Crippen molar-refractivity contribution in [2.24, 2.45) is 5.92 Å². The average molecular weight is 302 g/mol. The Labute approximate surface area is 132 Å². The Morgan fingerprint density at radius 1 is 1.27 bits per heavy atom. The number of nitrogens with one attached hydrogen (secondary N) is 2. The first kappa shape index (κ1) is 16.4. The van der Waals surface area contributed by atoms with Crippen LogP contribution in [0.2, 0.25) is 0 Å². The second-order valence-corrected chi connectivity index (χ2v) is 5.72. The summed E-state index contributed by atoms with van der Waals surface area (Å²) in [5, 5.41) is 5.65. The van der Waals surface area contributed by atoms with Gasteiger partial charge in [0.25, 0.3) is 0 Å². The number of hydrogen-bond donors (Lipinski definition) is 2. The van der Waals surface area contributed by atoms with Gasteiger partial charge in [-0.05, 0) is 36.8 Å². The number of carbonyl (C=O) groups excluding carboxylic acids is 1. The molecule has 0 spiro atoms. The molecule has 120 valence electrons.